The van der Waals surface area contributed by atoms with Gasteiger partial charge in [-0.15, -0.1) is 10.2 Å². The summed E-state index contributed by atoms with van der Waals surface area (Å²) in [7, 11) is 0. The summed E-state index contributed by atoms with van der Waals surface area (Å²) in [6.45, 7) is 6.42. The second-order valence-corrected chi connectivity index (χ2v) is 5.80. The lowest BCUT2D eigenvalue weighted by atomic mass is 10.0. The van der Waals surface area contributed by atoms with Crippen molar-refractivity contribution in [3.05, 3.63) is 30.0 Å². The standard InChI is InChI=1S/C18H23N3O3/c1-3-23-13-8-7-11-21(12-13)17-14-9-5-6-10-15(14)19-20-16(17)18(22)24-4-2/h5-6,9-10,13H,3-4,7-8,11-12H2,1-2H3/t13-/m0/s1. The van der Waals surface area contributed by atoms with Crippen molar-refractivity contribution in [3.8, 4) is 0 Å². The van der Waals surface area contributed by atoms with Crippen molar-refractivity contribution >= 4 is 22.6 Å². The molecule has 0 amide bonds. The Hall–Kier alpha value is -2.21. The van der Waals surface area contributed by atoms with Crippen molar-refractivity contribution in [2.24, 2.45) is 0 Å². The van der Waals surface area contributed by atoms with Crippen LogP contribution in [0.5, 0.6) is 0 Å². The molecule has 0 aliphatic carbocycles. The molecular formula is C18H23N3O3. The zero-order valence-electron chi connectivity index (χ0n) is 14.2. The van der Waals surface area contributed by atoms with E-state index in [0.29, 0.717) is 13.2 Å². The Balaban J connectivity index is 2.05. The van der Waals surface area contributed by atoms with Crippen LogP contribution in [0.15, 0.2) is 24.3 Å². The Labute approximate surface area is 141 Å². The number of piperidine rings is 1. The van der Waals surface area contributed by atoms with E-state index in [1.54, 1.807) is 6.92 Å². The van der Waals surface area contributed by atoms with E-state index in [1.165, 1.54) is 0 Å². The molecule has 0 bridgehead atoms. The molecule has 0 saturated carbocycles. The Morgan fingerprint density at radius 3 is 2.88 bits per heavy atom. The van der Waals surface area contributed by atoms with Gasteiger partial charge < -0.3 is 14.4 Å². The van der Waals surface area contributed by atoms with Gasteiger partial charge in [-0.3, -0.25) is 0 Å². The van der Waals surface area contributed by atoms with Gasteiger partial charge in [-0.05, 0) is 32.8 Å². The molecule has 0 unspecified atom stereocenters. The maximum atomic E-state index is 12.4. The summed E-state index contributed by atoms with van der Waals surface area (Å²) < 4.78 is 11.0. The molecule has 2 aromatic rings. The summed E-state index contributed by atoms with van der Waals surface area (Å²) >= 11 is 0. The van der Waals surface area contributed by atoms with Crippen LogP contribution < -0.4 is 4.90 Å². The highest BCUT2D eigenvalue weighted by molar-refractivity contribution is 6.03. The maximum Gasteiger partial charge on any atom is 0.361 e. The monoisotopic (exact) mass is 329 g/mol. The molecule has 1 atom stereocenters. The van der Waals surface area contributed by atoms with E-state index >= 15 is 0 Å². The molecular weight excluding hydrogens is 306 g/mol. The van der Waals surface area contributed by atoms with Crippen molar-refractivity contribution < 1.29 is 14.3 Å². The minimum absolute atomic E-state index is 0.172. The van der Waals surface area contributed by atoms with Gasteiger partial charge in [0.25, 0.3) is 0 Å². The average Bonchev–Trinajstić information content (AvgIpc) is 2.61. The Morgan fingerprint density at radius 1 is 1.25 bits per heavy atom. The molecule has 0 spiro atoms. The van der Waals surface area contributed by atoms with Crippen LogP contribution >= 0.6 is 0 Å². The minimum atomic E-state index is -0.427. The van der Waals surface area contributed by atoms with Gasteiger partial charge in [0.1, 0.15) is 0 Å². The van der Waals surface area contributed by atoms with E-state index in [-0.39, 0.29) is 11.8 Å². The average molecular weight is 329 g/mol. The first-order chi connectivity index (χ1) is 11.7. The number of hydrogen-bond donors (Lipinski definition) is 0. The fourth-order valence-corrected chi connectivity index (χ4v) is 3.21. The summed E-state index contributed by atoms with van der Waals surface area (Å²) in [4.78, 5) is 14.6. The predicted molar refractivity (Wildman–Crippen MR) is 92.4 cm³/mol. The highest BCUT2D eigenvalue weighted by atomic mass is 16.5. The van der Waals surface area contributed by atoms with E-state index in [9.17, 15) is 4.79 Å². The van der Waals surface area contributed by atoms with Gasteiger partial charge in [0.05, 0.1) is 23.9 Å². The first-order valence-electron chi connectivity index (χ1n) is 8.53. The fraction of sp³-hybridized carbons (Fsp3) is 0.500. The van der Waals surface area contributed by atoms with Gasteiger partial charge in [-0.2, -0.15) is 0 Å². The van der Waals surface area contributed by atoms with Gasteiger partial charge in [0, 0.05) is 25.1 Å². The van der Waals surface area contributed by atoms with Crippen LogP contribution in [0.2, 0.25) is 0 Å². The molecule has 1 aliphatic heterocycles. The number of fused-ring (bicyclic) bond motifs is 1. The topological polar surface area (TPSA) is 64.5 Å². The number of benzene rings is 1. The summed E-state index contributed by atoms with van der Waals surface area (Å²) in [5, 5.41) is 9.27. The highest BCUT2D eigenvalue weighted by Crippen LogP contribution is 2.31. The Kier molecular flexibility index (Phi) is 5.25. The van der Waals surface area contributed by atoms with Crippen molar-refractivity contribution in [2.75, 3.05) is 31.2 Å². The molecule has 0 N–H and O–H groups in total. The van der Waals surface area contributed by atoms with Crippen molar-refractivity contribution in [1.82, 2.24) is 10.2 Å². The number of esters is 1. The number of ether oxygens (including phenoxy) is 2. The quantitative estimate of drug-likeness (QED) is 0.786. The van der Waals surface area contributed by atoms with Crippen LogP contribution in [0.4, 0.5) is 5.69 Å². The number of aromatic nitrogens is 2. The number of carbonyl (C=O) groups is 1. The molecule has 1 aliphatic rings. The van der Waals surface area contributed by atoms with Crippen LogP contribution in [0, 0.1) is 0 Å². The third-order valence-electron chi connectivity index (χ3n) is 4.21. The summed E-state index contributed by atoms with van der Waals surface area (Å²) in [5.74, 6) is -0.427. The molecule has 1 saturated heterocycles. The van der Waals surface area contributed by atoms with Crippen LogP contribution in [0.25, 0.3) is 10.9 Å². The molecule has 0 radical (unpaired) electrons. The molecule has 1 aromatic carbocycles. The van der Waals surface area contributed by atoms with Crippen molar-refractivity contribution in [1.29, 1.82) is 0 Å². The first-order valence-corrected chi connectivity index (χ1v) is 8.53. The molecule has 3 rings (SSSR count). The smallest absolute Gasteiger partial charge is 0.361 e. The largest absolute Gasteiger partial charge is 0.461 e. The van der Waals surface area contributed by atoms with E-state index in [0.717, 1.165) is 42.5 Å². The number of hydrogen-bond acceptors (Lipinski definition) is 6. The molecule has 1 fully saturated rings. The lowest BCUT2D eigenvalue weighted by Crippen LogP contribution is -2.40. The zero-order valence-corrected chi connectivity index (χ0v) is 14.2. The molecule has 128 valence electrons. The zero-order chi connectivity index (χ0) is 16.9. The van der Waals surface area contributed by atoms with Crippen molar-refractivity contribution in [3.63, 3.8) is 0 Å². The van der Waals surface area contributed by atoms with Gasteiger partial charge >= 0.3 is 5.97 Å². The number of nitrogens with zero attached hydrogens (tertiary/aromatic N) is 3. The van der Waals surface area contributed by atoms with E-state index < -0.39 is 5.97 Å². The maximum absolute atomic E-state index is 12.4. The Bertz CT molecular complexity index is 718. The van der Waals surface area contributed by atoms with Crippen LogP contribution in [-0.2, 0) is 9.47 Å². The third-order valence-corrected chi connectivity index (χ3v) is 4.21. The SMILES string of the molecule is CCOC(=O)c1nnc2ccccc2c1N1CCC[C@H](OCC)C1. The van der Waals surface area contributed by atoms with Gasteiger partial charge in [0.15, 0.2) is 5.69 Å². The van der Waals surface area contributed by atoms with Gasteiger partial charge in [-0.1, -0.05) is 18.2 Å². The predicted octanol–water partition coefficient (Wildman–Crippen LogP) is 2.81. The second kappa shape index (κ2) is 7.57. The molecule has 6 nitrogen and oxygen atoms in total. The van der Waals surface area contributed by atoms with Crippen molar-refractivity contribution in [2.45, 2.75) is 32.8 Å². The highest BCUT2D eigenvalue weighted by Gasteiger charge is 2.27. The molecule has 6 heteroatoms. The van der Waals surface area contributed by atoms with Gasteiger partial charge in [0.2, 0.25) is 0 Å². The Morgan fingerprint density at radius 2 is 2.08 bits per heavy atom. The summed E-state index contributed by atoms with van der Waals surface area (Å²) in [6.07, 6.45) is 2.23. The summed E-state index contributed by atoms with van der Waals surface area (Å²) in [6, 6.07) is 7.76. The first kappa shape index (κ1) is 16.6. The van der Waals surface area contributed by atoms with Crippen LogP contribution in [0.3, 0.4) is 0 Å². The number of carbonyl (C=O) groups excluding carboxylic acids is 1. The molecule has 24 heavy (non-hydrogen) atoms. The minimum Gasteiger partial charge on any atom is -0.461 e. The second-order valence-electron chi connectivity index (χ2n) is 5.80. The summed E-state index contributed by atoms with van der Waals surface area (Å²) in [5.41, 5.74) is 1.87. The lowest BCUT2D eigenvalue weighted by molar-refractivity contribution is 0.0500. The van der Waals surface area contributed by atoms with Crippen LogP contribution in [0.1, 0.15) is 37.2 Å². The van der Waals surface area contributed by atoms with Gasteiger partial charge in [-0.25, -0.2) is 4.79 Å². The fourth-order valence-electron chi connectivity index (χ4n) is 3.21. The molecule has 2 heterocycles. The van der Waals surface area contributed by atoms with E-state index in [4.69, 9.17) is 9.47 Å². The number of anilines is 1. The normalized spacial score (nSPS) is 17.9. The molecule has 1 aromatic heterocycles. The lowest BCUT2D eigenvalue weighted by Gasteiger charge is -2.35. The van der Waals surface area contributed by atoms with E-state index in [2.05, 4.69) is 15.1 Å². The van der Waals surface area contributed by atoms with E-state index in [1.807, 2.05) is 31.2 Å². The van der Waals surface area contributed by atoms with Crippen LogP contribution in [-0.4, -0.2) is 48.6 Å². The number of rotatable bonds is 5. The third kappa shape index (κ3) is 3.33.